The number of carbonyl (C=O) groups is 1. The Morgan fingerprint density at radius 1 is 1.47 bits per heavy atom. The molecule has 4 nitrogen and oxygen atoms in total. The molecule has 0 saturated heterocycles. The standard InChI is InChI=1S/C11H16N2O2/c1-3-12-7-11(15)13-9-4-5-10(14)8(2)6-9/h4-6,12,14H,3,7H2,1-2H3,(H,13,15). The number of benzene rings is 1. The van der Waals surface area contributed by atoms with E-state index in [-0.39, 0.29) is 11.7 Å². The molecule has 1 amide bonds. The van der Waals surface area contributed by atoms with Crippen LogP contribution in [0.3, 0.4) is 0 Å². The predicted octanol–water partition coefficient (Wildman–Crippen LogP) is 1.25. The van der Waals surface area contributed by atoms with E-state index >= 15 is 0 Å². The van der Waals surface area contributed by atoms with E-state index < -0.39 is 0 Å². The molecule has 1 aromatic carbocycles. The van der Waals surface area contributed by atoms with E-state index in [1.54, 1.807) is 25.1 Å². The van der Waals surface area contributed by atoms with Gasteiger partial charge in [0.15, 0.2) is 0 Å². The first kappa shape index (κ1) is 11.5. The fraction of sp³-hybridized carbons (Fsp3) is 0.364. The van der Waals surface area contributed by atoms with Crippen molar-refractivity contribution in [2.75, 3.05) is 18.4 Å². The molecule has 0 bridgehead atoms. The van der Waals surface area contributed by atoms with Crippen molar-refractivity contribution in [3.63, 3.8) is 0 Å². The molecule has 0 atom stereocenters. The minimum Gasteiger partial charge on any atom is -0.508 e. The van der Waals surface area contributed by atoms with Crippen LogP contribution in [0.5, 0.6) is 5.75 Å². The lowest BCUT2D eigenvalue weighted by molar-refractivity contribution is -0.115. The molecule has 0 aliphatic heterocycles. The lowest BCUT2D eigenvalue weighted by atomic mass is 10.2. The van der Waals surface area contributed by atoms with Crippen molar-refractivity contribution in [2.24, 2.45) is 0 Å². The van der Waals surface area contributed by atoms with E-state index in [1.807, 2.05) is 6.92 Å². The van der Waals surface area contributed by atoms with Crippen molar-refractivity contribution in [1.29, 1.82) is 0 Å². The van der Waals surface area contributed by atoms with Crippen LogP contribution in [0.4, 0.5) is 5.69 Å². The SMILES string of the molecule is CCNCC(=O)Nc1ccc(O)c(C)c1. The summed E-state index contributed by atoms with van der Waals surface area (Å²) < 4.78 is 0. The molecule has 15 heavy (non-hydrogen) atoms. The van der Waals surface area contributed by atoms with E-state index in [2.05, 4.69) is 10.6 Å². The van der Waals surface area contributed by atoms with Crippen LogP contribution < -0.4 is 10.6 Å². The molecule has 0 radical (unpaired) electrons. The number of carbonyl (C=O) groups excluding carboxylic acids is 1. The lowest BCUT2D eigenvalue weighted by Gasteiger charge is -2.07. The summed E-state index contributed by atoms with van der Waals surface area (Å²) in [5.74, 6) is 0.154. The van der Waals surface area contributed by atoms with E-state index in [4.69, 9.17) is 0 Å². The molecule has 0 heterocycles. The van der Waals surface area contributed by atoms with Crippen molar-refractivity contribution >= 4 is 11.6 Å². The second-order valence-corrected chi connectivity index (χ2v) is 3.33. The number of hydrogen-bond donors (Lipinski definition) is 3. The van der Waals surface area contributed by atoms with Crippen molar-refractivity contribution in [1.82, 2.24) is 5.32 Å². The maximum absolute atomic E-state index is 11.3. The zero-order valence-electron chi connectivity index (χ0n) is 9.00. The maximum Gasteiger partial charge on any atom is 0.238 e. The largest absolute Gasteiger partial charge is 0.508 e. The highest BCUT2D eigenvalue weighted by atomic mass is 16.3. The average Bonchev–Trinajstić information content (AvgIpc) is 2.20. The Labute approximate surface area is 89.3 Å². The van der Waals surface area contributed by atoms with Gasteiger partial charge in [0.05, 0.1) is 6.54 Å². The number of hydrogen-bond acceptors (Lipinski definition) is 3. The summed E-state index contributed by atoms with van der Waals surface area (Å²) in [6.07, 6.45) is 0. The Balaban J connectivity index is 2.57. The number of aromatic hydroxyl groups is 1. The van der Waals surface area contributed by atoms with Gasteiger partial charge in [-0.15, -0.1) is 0 Å². The smallest absolute Gasteiger partial charge is 0.238 e. The second kappa shape index (κ2) is 5.36. The van der Waals surface area contributed by atoms with Gasteiger partial charge in [-0.1, -0.05) is 6.92 Å². The van der Waals surface area contributed by atoms with Gasteiger partial charge in [-0.3, -0.25) is 4.79 Å². The van der Waals surface area contributed by atoms with Gasteiger partial charge in [-0.25, -0.2) is 0 Å². The monoisotopic (exact) mass is 208 g/mol. The fourth-order valence-corrected chi connectivity index (χ4v) is 1.18. The topological polar surface area (TPSA) is 61.4 Å². The van der Waals surface area contributed by atoms with E-state index in [1.165, 1.54) is 0 Å². The molecule has 0 spiro atoms. The van der Waals surface area contributed by atoms with Crippen LogP contribution in [0.1, 0.15) is 12.5 Å². The van der Waals surface area contributed by atoms with Gasteiger partial charge in [0.1, 0.15) is 5.75 Å². The highest BCUT2D eigenvalue weighted by Crippen LogP contribution is 2.19. The third-order valence-corrected chi connectivity index (χ3v) is 2.02. The number of phenols is 1. The van der Waals surface area contributed by atoms with Crippen LogP contribution in [-0.2, 0) is 4.79 Å². The van der Waals surface area contributed by atoms with Crippen LogP contribution in [0, 0.1) is 6.92 Å². The molecule has 0 saturated carbocycles. The predicted molar refractivity (Wildman–Crippen MR) is 60.0 cm³/mol. The van der Waals surface area contributed by atoms with Crippen LogP contribution in [0.15, 0.2) is 18.2 Å². The molecule has 0 fully saturated rings. The van der Waals surface area contributed by atoms with Gasteiger partial charge in [0.2, 0.25) is 5.91 Å². The molecular weight excluding hydrogens is 192 g/mol. The Morgan fingerprint density at radius 3 is 2.80 bits per heavy atom. The summed E-state index contributed by atoms with van der Waals surface area (Å²) in [5.41, 5.74) is 1.45. The molecule has 3 N–H and O–H groups in total. The van der Waals surface area contributed by atoms with Gasteiger partial charge < -0.3 is 15.7 Å². The third kappa shape index (κ3) is 3.59. The van der Waals surface area contributed by atoms with Gasteiger partial charge in [0.25, 0.3) is 0 Å². The average molecular weight is 208 g/mol. The second-order valence-electron chi connectivity index (χ2n) is 3.33. The summed E-state index contributed by atoms with van der Waals surface area (Å²) in [4.78, 5) is 11.3. The number of anilines is 1. The number of rotatable bonds is 4. The summed E-state index contributed by atoms with van der Waals surface area (Å²) >= 11 is 0. The zero-order valence-corrected chi connectivity index (χ0v) is 9.00. The van der Waals surface area contributed by atoms with Crippen molar-refractivity contribution in [3.05, 3.63) is 23.8 Å². The fourth-order valence-electron chi connectivity index (χ4n) is 1.18. The molecule has 0 unspecified atom stereocenters. The summed E-state index contributed by atoms with van der Waals surface area (Å²) in [5, 5.41) is 15.0. The Bertz CT molecular complexity index is 350. The molecular formula is C11H16N2O2. The minimum atomic E-state index is -0.0815. The first-order chi connectivity index (χ1) is 7.13. The minimum absolute atomic E-state index is 0.0815. The van der Waals surface area contributed by atoms with Crippen LogP contribution in [-0.4, -0.2) is 24.1 Å². The number of nitrogens with one attached hydrogen (secondary N) is 2. The molecule has 4 heteroatoms. The maximum atomic E-state index is 11.3. The third-order valence-electron chi connectivity index (χ3n) is 2.02. The van der Waals surface area contributed by atoms with E-state index in [0.717, 1.165) is 12.1 Å². The van der Waals surface area contributed by atoms with Gasteiger partial charge >= 0.3 is 0 Å². The Morgan fingerprint density at radius 2 is 2.20 bits per heavy atom. The van der Waals surface area contributed by atoms with Crippen LogP contribution in [0.2, 0.25) is 0 Å². The Hall–Kier alpha value is -1.55. The lowest BCUT2D eigenvalue weighted by Crippen LogP contribution is -2.27. The van der Waals surface area contributed by atoms with Crippen LogP contribution >= 0.6 is 0 Å². The summed E-state index contributed by atoms with van der Waals surface area (Å²) in [6.45, 7) is 4.80. The molecule has 0 aromatic heterocycles. The molecule has 0 aliphatic carbocycles. The highest BCUT2D eigenvalue weighted by molar-refractivity contribution is 5.92. The van der Waals surface area contributed by atoms with Gasteiger partial charge in [-0.05, 0) is 37.2 Å². The van der Waals surface area contributed by atoms with Crippen molar-refractivity contribution in [2.45, 2.75) is 13.8 Å². The van der Waals surface area contributed by atoms with Crippen molar-refractivity contribution < 1.29 is 9.90 Å². The molecule has 0 aliphatic rings. The molecule has 82 valence electrons. The first-order valence-electron chi connectivity index (χ1n) is 4.93. The summed E-state index contributed by atoms with van der Waals surface area (Å²) in [6, 6.07) is 4.98. The number of phenolic OH excluding ortho intramolecular Hbond substituents is 1. The van der Waals surface area contributed by atoms with Crippen LogP contribution in [0.25, 0.3) is 0 Å². The van der Waals surface area contributed by atoms with E-state index in [0.29, 0.717) is 12.2 Å². The number of aryl methyl sites for hydroxylation is 1. The first-order valence-corrected chi connectivity index (χ1v) is 4.93. The van der Waals surface area contributed by atoms with Crippen molar-refractivity contribution in [3.8, 4) is 5.75 Å². The zero-order chi connectivity index (χ0) is 11.3. The summed E-state index contributed by atoms with van der Waals surface area (Å²) in [7, 11) is 0. The normalized spacial score (nSPS) is 10.0. The Kier molecular flexibility index (Phi) is 4.12. The quantitative estimate of drug-likeness (QED) is 0.652. The van der Waals surface area contributed by atoms with Gasteiger partial charge in [-0.2, -0.15) is 0 Å². The van der Waals surface area contributed by atoms with Gasteiger partial charge in [0, 0.05) is 5.69 Å². The highest BCUT2D eigenvalue weighted by Gasteiger charge is 2.02. The molecule has 1 rings (SSSR count). The number of likely N-dealkylation sites (N-methyl/N-ethyl adjacent to an activating group) is 1. The number of amides is 1. The van der Waals surface area contributed by atoms with E-state index in [9.17, 15) is 9.90 Å². The molecule has 1 aromatic rings.